The fourth-order valence-corrected chi connectivity index (χ4v) is 2.34. The molecule has 16 heavy (non-hydrogen) atoms. The second-order valence-corrected chi connectivity index (χ2v) is 4.35. The third-order valence-corrected chi connectivity index (χ3v) is 3.19. The van der Waals surface area contributed by atoms with E-state index in [2.05, 4.69) is 5.32 Å². The molecule has 0 aliphatic heterocycles. The Labute approximate surface area is 97.4 Å². The molecule has 3 nitrogen and oxygen atoms in total. The van der Waals surface area contributed by atoms with Crippen molar-refractivity contribution in [3.8, 4) is 10.4 Å². The molecule has 0 bridgehead atoms. The number of rotatable bonds is 2. The molecule has 4 heteroatoms. The van der Waals surface area contributed by atoms with Gasteiger partial charge in [-0.15, -0.1) is 11.3 Å². The minimum absolute atomic E-state index is 0.664. The summed E-state index contributed by atoms with van der Waals surface area (Å²) < 4.78 is 0. The number of carboxylic acid groups (broad SMARTS) is 1. The predicted octanol–water partition coefficient (Wildman–Crippen LogP) is 3.81. The first-order chi connectivity index (χ1) is 7.68. The third-order valence-electron chi connectivity index (χ3n) is 2.29. The lowest BCUT2D eigenvalue weighted by atomic mass is 10.1. The summed E-state index contributed by atoms with van der Waals surface area (Å²) in [7, 11) is 0. The van der Waals surface area contributed by atoms with E-state index in [0.717, 1.165) is 16.0 Å². The Bertz CT molecular complexity index is 506. The highest BCUT2D eigenvalue weighted by molar-refractivity contribution is 7.13. The van der Waals surface area contributed by atoms with E-state index in [0.29, 0.717) is 5.69 Å². The van der Waals surface area contributed by atoms with Crippen molar-refractivity contribution in [2.45, 2.75) is 6.92 Å². The average Bonchev–Trinajstić information content (AvgIpc) is 2.73. The molecule has 1 aromatic carbocycles. The molecule has 0 aliphatic rings. The minimum Gasteiger partial charge on any atom is -0.465 e. The van der Waals surface area contributed by atoms with Crippen LogP contribution in [0.5, 0.6) is 0 Å². The van der Waals surface area contributed by atoms with Gasteiger partial charge < -0.3 is 5.11 Å². The predicted molar refractivity (Wildman–Crippen MR) is 66.1 cm³/mol. The molecule has 2 N–H and O–H groups in total. The fourth-order valence-electron chi connectivity index (χ4n) is 1.58. The maximum absolute atomic E-state index is 10.7. The number of thiophene rings is 1. The highest BCUT2D eigenvalue weighted by atomic mass is 32.1. The zero-order valence-electron chi connectivity index (χ0n) is 8.73. The van der Waals surface area contributed by atoms with Crippen LogP contribution >= 0.6 is 11.3 Å². The maximum atomic E-state index is 10.7. The molecule has 0 unspecified atom stereocenters. The zero-order valence-corrected chi connectivity index (χ0v) is 9.54. The van der Waals surface area contributed by atoms with E-state index in [4.69, 9.17) is 5.11 Å². The normalized spacial score (nSPS) is 10.1. The van der Waals surface area contributed by atoms with Crippen molar-refractivity contribution in [1.82, 2.24) is 0 Å². The largest absolute Gasteiger partial charge is 0.465 e. The maximum Gasteiger partial charge on any atom is 0.409 e. The van der Waals surface area contributed by atoms with Gasteiger partial charge in [-0.3, -0.25) is 5.32 Å². The number of nitrogens with one attached hydrogen (secondary N) is 1. The van der Waals surface area contributed by atoms with E-state index < -0.39 is 6.09 Å². The van der Waals surface area contributed by atoms with Crippen LogP contribution in [-0.2, 0) is 0 Å². The van der Waals surface area contributed by atoms with Gasteiger partial charge in [-0.25, -0.2) is 4.79 Å². The third kappa shape index (κ3) is 2.06. The summed E-state index contributed by atoms with van der Waals surface area (Å²) >= 11 is 1.59. The van der Waals surface area contributed by atoms with E-state index in [1.807, 2.05) is 42.6 Å². The first-order valence-corrected chi connectivity index (χ1v) is 5.70. The highest BCUT2D eigenvalue weighted by Crippen LogP contribution is 2.33. The molecule has 0 atom stereocenters. The summed E-state index contributed by atoms with van der Waals surface area (Å²) in [6.07, 6.45) is -1.04. The molecule has 1 aromatic heterocycles. The number of aryl methyl sites for hydroxylation is 1. The van der Waals surface area contributed by atoms with Gasteiger partial charge in [0.1, 0.15) is 0 Å². The van der Waals surface area contributed by atoms with Crippen molar-refractivity contribution in [1.29, 1.82) is 0 Å². The van der Waals surface area contributed by atoms with Gasteiger partial charge in [-0.2, -0.15) is 0 Å². The summed E-state index contributed by atoms with van der Waals surface area (Å²) in [5, 5.41) is 13.2. The van der Waals surface area contributed by atoms with Crippen molar-refractivity contribution < 1.29 is 9.90 Å². The monoisotopic (exact) mass is 233 g/mol. The number of benzene rings is 1. The fraction of sp³-hybridized carbons (Fsp3) is 0.0833. The van der Waals surface area contributed by atoms with E-state index >= 15 is 0 Å². The van der Waals surface area contributed by atoms with Crippen molar-refractivity contribution in [3.05, 3.63) is 41.3 Å². The Morgan fingerprint density at radius 3 is 2.75 bits per heavy atom. The molecule has 0 radical (unpaired) electrons. The van der Waals surface area contributed by atoms with E-state index in [1.165, 1.54) is 0 Å². The smallest absolute Gasteiger partial charge is 0.409 e. The van der Waals surface area contributed by atoms with Crippen molar-refractivity contribution in [2.75, 3.05) is 5.32 Å². The first-order valence-electron chi connectivity index (χ1n) is 4.82. The van der Waals surface area contributed by atoms with Crippen LogP contribution in [0.25, 0.3) is 10.4 Å². The highest BCUT2D eigenvalue weighted by Gasteiger charge is 2.10. The second-order valence-electron chi connectivity index (χ2n) is 3.40. The van der Waals surface area contributed by atoms with Crippen LogP contribution in [0.3, 0.4) is 0 Å². The number of carbonyl (C=O) groups is 1. The molecule has 2 rings (SSSR count). The van der Waals surface area contributed by atoms with E-state index in [-0.39, 0.29) is 0 Å². The van der Waals surface area contributed by atoms with Crippen LogP contribution in [0.15, 0.2) is 35.7 Å². The SMILES string of the molecule is Cc1cccc(-c2cccs2)c1NC(=O)O. The summed E-state index contributed by atoms with van der Waals surface area (Å²) in [6.45, 7) is 1.89. The van der Waals surface area contributed by atoms with Gasteiger partial charge in [0, 0.05) is 10.4 Å². The lowest BCUT2D eigenvalue weighted by Crippen LogP contribution is -2.09. The van der Waals surface area contributed by atoms with Crippen LogP contribution in [-0.4, -0.2) is 11.2 Å². The molecule has 1 heterocycles. The van der Waals surface area contributed by atoms with Crippen LogP contribution in [0.2, 0.25) is 0 Å². The van der Waals surface area contributed by atoms with E-state index in [9.17, 15) is 4.79 Å². The Hall–Kier alpha value is -1.81. The molecule has 0 saturated carbocycles. The molecule has 1 amide bonds. The average molecular weight is 233 g/mol. The molecular formula is C12H11NO2S. The number of hydrogen-bond acceptors (Lipinski definition) is 2. The topological polar surface area (TPSA) is 49.3 Å². The van der Waals surface area contributed by atoms with Gasteiger partial charge in [-0.05, 0) is 23.9 Å². The number of para-hydroxylation sites is 1. The first kappa shape index (κ1) is 10.7. The molecule has 0 fully saturated rings. The molecule has 82 valence electrons. The quantitative estimate of drug-likeness (QED) is 0.828. The summed E-state index contributed by atoms with van der Waals surface area (Å²) in [4.78, 5) is 11.8. The van der Waals surface area contributed by atoms with Gasteiger partial charge in [-0.1, -0.05) is 24.3 Å². The number of hydrogen-bond donors (Lipinski definition) is 2. The van der Waals surface area contributed by atoms with Crippen molar-refractivity contribution >= 4 is 23.1 Å². The summed E-state index contributed by atoms with van der Waals surface area (Å²) in [5.74, 6) is 0. The van der Waals surface area contributed by atoms with Crippen LogP contribution < -0.4 is 5.32 Å². The van der Waals surface area contributed by atoms with Gasteiger partial charge in [0.05, 0.1) is 5.69 Å². The van der Waals surface area contributed by atoms with Crippen LogP contribution in [0, 0.1) is 6.92 Å². The van der Waals surface area contributed by atoms with E-state index in [1.54, 1.807) is 11.3 Å². The lowest BCUT2D eigenvalue weighted by Gasteiger charge is -2.10. The van der Waals surface area contributed by atoms with Crippen molar-refractivity contribution in [2.24, 2.45) is 0 Å². The standard InChI is InChI=1S/C12H11NO2S/c1-8-4-2-5-9(10-6-3-7-16-10)11(8)13-12(14)15/h2-7,13H,1H3,(H,14,15). The van der Waals surface area contributed by atoms with Crippen LogP contribution in [0.1, 0.15) is 5.56 Å². The summed E-state index contributed by atoms with van der Waals surface area (Å²) in [5.41, 5.74) is 2.52. The molecule has 0 spiro atoms. The molecule has 2 aromatic rings. The molecule has 0 saturated heterocycles. The Kier molecular flexibility index (Phi) is 2.92. The molecule has 0 aliphatic carbocycles. The van der Waals surface area contributed by atoms with Crippen LogP contribution in [0.4, 0.5) is 10.5 Å². The lowest BCUT2D eigenvalue weighted by molar-refractivity contribution is 0.209. The second kappa shape index (κ2) is 4.37. The van der Waals surface area contributed by atoms with Gasteiger partial charge in [0.25, 0.3) is 0 Å². The minimum atomic E-state index is -1.04. The van der Waals surface area contributed by atoms with Gasteiger partial charge in [0.15, 0.2) is 0 Å². The van der Waals surface area contributed by atoms with Gasteiger partial charge >= 0.3 is 6.09 Å². The van der Waals surface area contributed by atoms with Gasteiger partial charge in [0.2, 0.25) is 0 Å². The molecular weight excluding hydrogens is 222 g/mol. The Balaban J connectivity index is 2.52. The zero-order chi connectivity index (χ0) is 11.5. The Morgan fingerprint density at radius 1 is 1.31 bits per heavy atom. The van der Waals surface area contributed by atoms with Crippen molar-refractivity contribution in [3.63, 3.8) is 0 Å². The number of anilines is 1. The Morgan fingerprint density at radius 2 is 2.12 bits per heavy atom. The number of amides is 1. The summed E-state index contributed by atoms with van der Waals surface area (Å²) in [6, 6.07) is 9.67.